The fourth-order valence-corrected chi connectivity index (χ4v) is 2.55. The molecule has 0 unspecified atom stereocenters. The third-order valence-electron chi connectivity index (χ3n) is 3.01. The molecule has 0 aliphatic heterocycles. The molecule has 0 bridgehead atoms. The summed E-state index contributed by atoms with van der Waals surface area (Å²) in [6.45, 7) is 1.85. The van der Waals surface area contributed by atoms with Crippen molar-refractivity contribution in [3.05, 3.63) is 34.9 Å². The maximum atomic E-state index is 11.0. The number of nitrogens with zero attached hydrogens (tertiary/aromatic N) is 2. The van der Waals surface area contributed by atoms with Crippen molar-refractivity contribution in [2.24, 2.45) is 4.99 Å². The molecule has 0 aromatic heterocycles. The molecule has 0 amide bonds. The van der Waals surface area contributed by atoms with Crippen LogP contribution < -0.4 is 5.32 Å². The molecule has 0 saturated heterocycles. The van der Waals surface area contributed by atoms with Crippen LogP contribution in [0.5, 0.6) is 0 Å². The molecule has 6 nitrogen and oxygen atoms in total. The molecule has 0 heterocycles. The molecular weight excluding hydrogens is 465 g/mol. The van der Waals surface area contributed by atoms with E-state index < -0.39 is 9.84 Å². The fraction of sp³-hybridized carbons (Fsp3) is 0.533. The number of aliphatic imine (C=N–C) groups is 1. The van der Waals surface area contributed by atoms with Crippen molar-refractivity contribution in [2.75, 3.05) is 45.9 Å². The summed E-state index contributed by atoms with van der Waals surface area (Å²) in [7, 11) is 0.669. The lowest BCUT2D eigenvalue weighted by molar-refractivity contribution is 0.153. The van der Waals surface area contributed by atoms with Gasteiger partial charge in [0.15, 0.2) is 5.96 Å². The van der Waals surface area contributed by atoms with Crippen LogP contribution in [0.1, 0.15) is 5.56 Å². The smallest absolute Gasteiger partial charge is 0.193 e. The number of nitrogens with one attached hydrogen (secondary N) is 1. The van der Waals surface area contributed by atoms with E-state index in [2.05, 4.69) is 10.3 Å². The van der Waals surface area contributed by atoms with Gasteiger partial charge in [-0.05, 0) is 17.7 Å². The number of ether oxygens (including phenoxy) is 1. The fourth-order valence-electron chi connectivity index (χ4n) is 1.92. The first-order chi connectivity index (χ1) is 10.8. The number of hydrogen-bond acceptors (Lipinski definition) is 4. The lowest BCUT2D eigenvalue weighted by atomic mass is 10.2. The molecule has 138 valence electrons. The van der Waals surface area contributed by atoms with Crippen molar-refractivity contribution < 1.29 is 13.2 Å². The topological polar surface area (TPSA) is 71.0 Å². The zero-order chi connectivity index (χ0) is 17.3. The molecule has 24 heavy (non-hydrogen) atoms. The Balaban J connectivity index is 0.00000529. The molecule has 9 heteroatoms. The van der Waals surface area contributed by atoms with Crippen LogP contribution in [-0.2, 0) is 21.1 Å². The zero-order valence-corrected chi connectivity index (χ0v) is 18.1. The first kappa shape index (κ1) is 23.4. The highest BCUT2D eigenvalue weighted by Crippen LogP contribution is 2.12. The molecular formula is C15H25ClIN3O3S. The molecule has 0 atom stereocenters. The maximum absolute atomic E-state index is 11.0. The quantitative estimate of drug-likeness (QED) is 0.262. The Hall–Kier alpha value is -0.580. The lowest BCUT2D eigenvalue weighted by Gasteiger charge is -2.22. The van der Waals surface area contributed by atoms with Crippen LogP contribution >= 0.6 is 35.6 Å². The van der Waals surface area contributed by atoms with Gasteiger partial charge in [0, 0.05) is 38.5 Å². The molecule has 1 N–H and O–H groups in total. The molecule has 0 saturated carbocycles. The number of rotatable bonds is 8. The van der Waals surface area contributed by atoms with E-state index in [0.29, 0.717) is 24.7 Å². The second-order valence-electron chi connectivity index (χ2n) is 5.20. The highest BCUT2D eigenvalue weighted by atomic mass is 127. The summed E-state index contributed by atoms with van der Waals surface area (Å²) >= 11 is 5.98. The van der Waals surface area contributed by atoms with E-state index >= 15 is 0 Å². The Morgan fingerprint density at radius 1 is 1.38 bits per heavy atom. The second kappa shape index (κ2) is 11.9. The maximum Gasteiger partial charge on any atom is 0.193 e. The van der Waals surface area contributed by atoms with Gasteiger partial charge < -0.3 is 15.0 Å². The van der Waals surface area contributed by atoms with E-state index in [1.54, 1.807) is 7.05 Å². The Kier molecular flexibility index (Phi) is 11.6. The van der Waals surface area contributed by atoms with Crippen molar-refractivity contribution in [2.45, 2.75) is 6.54 Å². The molecule has 0 fully saturated rings. The Morgan fingerprint density at radius 3 is 2.67 bits per heavy atom. The Morgan fingerprint density at radius 2 is 2.08 bits per heavy atom. The van der Waals surface area contributed by atoms with Crippen LogP contribution in [0.3, 0.4) is 0 Å². The van der Waals surface area contributed by atoms with Crippen molar-refractivity contribution in [1.82, 2.24) is 10.2 Å². The lowest BCUT2D eigenvalue weighted by Crippen LogP contribution is -2.40. The predicted octanol–water partition coefficient (Wildman–Crippen LogP) is 2.03. The summed E-state index contributed by atoms with van der Waals surface area (Å²) in [6, 6.07) is 7.67. The summed E-state index contributed by atoms with van der Waals surface area (Å²) in [4.78, 5) is 6.19. The normalized spacial score (nSPS) is 11.8. The molecule has 0 aliphatic carbocycles. The standard InChI is InChI=1S/C15H24ClN3O3S.HI/c1-17-15(18-7-8-22-9-10-23(3,20)21)19(2)12-13-5-4-6-14(16)11-13;/h4-6,11H,7-10,12H2,1-3H3,(H,17,18);1H. The predicted molar refractivity (Wildman–Crippen MR) is 110 cm³/mol. The van der Waals surface area contributed by atoms with Crippen LogP contribution in [0.2, 0.25) is 5.02 Å². The largest absolute Gasteiger partial charge is 0.379 e. The van der Waals surface area contributed by atoms with Crippen LogP contribution in [0, 0.1) is 0 Å². The van der Waals surface area contributed by atoms with Crippen molar-refractivity contribution >= 4 is 51.4 Å². The zero-order valence-electron chi connectivity index (χ0n) is 14.2. The first-order valence-electron chi connectivity index (χ1n) is 7.23. The molecule has 1 rings (SSSR count). The van der Waals surface area contributed by atoms with Gasteiger partial charge in [-0.2, -0.15) is 0 Å². The first-order valence-corrected chi connectivity index (χ1v) is 9.67. The minimum atomic E-state index is -2.97. The molecule has 0 radical (unpaired) electrons. The molecule has 1 aromatic carbocycles. The second-order valence-corrected chi connectivity index (χ2v) is 7.90. The van der Waals surface area contributed by atoms with E-state index in [1.807, 2.05) is 36.2 Å². The number of halogens is 2. The van der Waals surface area contributed by atoms with E-state index in [1.165, 1.54) is 6.26 Å². The number of sulfone groups is 1. The van der Waals surface area contributed by atoms with Gasteiger partial charge in [-0.15, -0.1) is 24.0 Å². The summed E-state index contributed by atoms with van der Waals surface area (Å²) < 4.78 is 27.2. The average Bonchev–Trinajstić information content (AvgIpc) is 2.45. The number of guanidine groups is 1. The number of benzene rings is 1. The van der Waals surface area contributed by atoms with Gasteiger partial charge in [0.1, 0.15) is 9.84 Å². The summed E-state index contributed by atoms with van der Waals surface area (Å²) in [6.07, 6.45) is 1.20. The van der Waals surface area contributed by atoms with Crippen molar-refractivity contribution in [3.8, 4) is 0 Å². The number of hydrogen-bond donors (Lipinski definition) is 1. The molecule has 1 aromatic rings. The van der Waals surface area contributed by atoms with Gasteiger partial charge >= 0.3 is 0 Å². The monoisotopic (exact) mass is 489 g/mol. The van der Waals surface area contributed by atoms with Crippen molar-refractivity contribution in [1.29, 1.82) is 0 Å². The van der Waals surface area contributed by atoms with Gasteiger partial charge in [0.25, 0.3) is 0 Å². The third kappa shape index (κ3) is 10.3. The summed E-state index contributed by atoms with van der Waals surface area (Å²) in [5.74, 6) is 0.771. The third-order valence-corrected chi connectivity index (χ3v) is 4.15. The van der Waals surface area contributed by atoms with E-state index in [9.17, 15) is 8.42 Å². The van der Waals surface area contributed by atoms with Crippen LogP contribution in [0.25, 0.3) is 0 Å². The minimum absolute atomic E-state index is 0. The van der Waals surface area contributed by atoms with Gasteiger partial charge in [-0.1, -0.05) is 23.7 Å². The van der Waals surface area contributed by atoms with Gasteiger partial charge in [0.2, 0.25) is 0 Å². The van der Waals surface area contributed by atoms with Gasteiger partial charge in [-0.3, -0.25) is 4.99 Å². The van der Waals surface area contributed by atoms with Crippen molar-refractivity contribution in [3.63, 3.8) is 0 Å². The Labute approximate surface area is 166 Å². The van der Waals surface area contributed by atoms with Crippen LogP contribution in [0.15, 0.2) is 29.3 Å². The summed E-state index contributed by atoms with van der Waals surface area (Å²) in [5.41, 5.74) is 1.09. The van der Waals surface area contributed by atoms with E-state index in [-0.39, 0.29) is 36.3 Å². The minimum Gasteiger partial charge on any atom is -0.379 e. The average molecular weight is 490 g/mol. The SMILES string of the molecule is CN=C(NCCOCCS(C)(=O)=O)N(C)Cc1cccc(Cl)c1.I. The van der Waals surface area contributed by atoms with E-state index in [4.69, 9.17) is 16.3 Å². The summed E-state index contributed by atoms with van der Waals surface area (Å²) in [5, 5.41) is 3.88. The van der Waals surface area contributed by atoms with Crippen LogP contribution in [0.4, 0.5) is 0 Å². The van der Waals surface area contributed by atoms with Gasteiger partial charge in [-0.25, -0.2) is 8.42 Å². The van der Waals surface area contributed by atoms with Gasteiger partial charge in [0.05, 0.1) is 19.0 Å². The van der Waals surface area contributed by atoms with Crippen LogP contribution in [-0.4, -0.2) is 65.1 Å². The highest BCUT2D eigenvalue weighted by molar-refractivity contribution is 14.0. The highest BCUT2D eigenvalue weighted by Gasteiger charge is 2.07. The Bertz CT molecular complexity index is 626. The molecule has 0 aliphatic rings. The molecule has 0 spiro atoms. The van der Waals surface area contributed by atoms with E-state index in [0.717, 1.165) is 11.5 Å².